The minimum Gasteiger partial charge on any atom is -0.389 e. The van der Waals surface area contributed by atoms with Crippen LogP contribution in [0, 0.1) is 0 Å². The number of hydrogen-bond acceptors (Lipinski definition) is 3. The molecule has 1 unspecified atom stereocenters. The lowest BCUT2D eigenvalue weighted by Crippen LogP contribution is -2.00. The molecule has 0 aliphatic heterocycles. The molecule has 0 saturated heterocycles. The van der Waals surface area contributed by atoms with Gasteiger partial charge in [0.15, 0.2) is 0 Å². The Morgan fingerprint density at radius 1 is 1.82 bits per heavy atom. The zero-order valence-corrected chi connectivity index (χ0v) is 7.43. The normalized spacial score (nSPS) is 15.0. The van der Waals surface area contributed by atoms with E-state index in [0.717, 1.165) is 11.3 Å². The summed E-state index contributed by atoms with van der Waals surface area (Å²) in [5.74, 6) is 0. The van der Waals surface area contributed by atoms with Crippen LogP contribution in [0.5, 0.6) is 0 Å². The van der Waals surface area contributed by atoms with Gasteiger partial charge >= 0.3 is 0 Å². The average molecular weight is 169 g/mol. The number of aliphatic hydroxyl groups is 1. The fraction of sp³-hybridized carbons (Fsp3) is 0.375. The molecule has 60 valence electrons. The quantitative estimate of drug-likeness (QED) is 0.733. The number of nitrogens with zero attached hydrogens (tertiary/aromatic N) is 1. The Hall–Kier alpha value is -0.670. The predicted octanol–water partition coefficient (Wildman–Crippen LogP) is 1.93. The van der Waals surface area contributed by atoms with Crippen LogP contribution in [0.3, 0.4) is 0 Å². The van der Waals surface area contributed by atoms with E-state index in [2.05, 4.69) is 4.98 Å². The number of aromatic nitrogens is 1. The number of hydrogen-bond donors (Lipinski definition) is 1. The Morgan fingerprint density at radius 3 is 3.00 bits per heavy atom. The van der Waals surface area contributed by atoms with Gasteiger partial charge in [0.05, 0.1) is 17.3 Å². The smallest absolute Gasteiger partial charge is 0.0798 e. The van der Waals surface area contributed by atoms with Crippen LogP contribution in [0.15, 0.2) is 16.5 Å². The van der Waals surface area contributed by atoms with Crippen molar-refractivity contribution in [3.8, 4) is 0 Å². The Bertz CT molecular complexity index is 239. The van der Waals surface area contributed by atoms with Crippen LogP contribution in [0.4, 0.5) is 0 Å². The standard InChI is InChI=1S/C8H11NOS/c1-6(7(2)10)3-8-4-11-5-9-8/h3-5,7,10H,1-2H3. The van der Waals surface area contributed by atoms with Crippen molar-refractivity contribution in [2.75, 3.05) is 0 Å². The van der Waals surface area contributed by atoms with Crippen LogP contribution in [-0.2, 0) is 0 Å². The molecule has 2 nitrogen and oxygen atoms in total. The second-order valence-corrected chi connectivity index (χ2v) is 3.20. The summed E-state index contributed by atoms with van der Waals surface area (Å²) in [4.78, 5) is 4.07. The maximum atomic E-state index is 9.13. The van der Waals surface area contributed by atoms with Gasteiger partial charge < -0.3 is 5.11 Å². The fourth-order valence-electron chi connectivity index (χ4n) is 0.647. The monoisotopic (exact) mass is 169 g/mol. The van der Waals surface area contributed by atoms with Gasteiger partial charge in [-0.2, -0.15) is 0 Å². The molecule has 0 fully saturated rings. The third kappa shape index (κ3) is 2.44. The highest BCUT2D eigenvalue weighted by molar-refractivity contribution is 7.07. The average Bonchev–Trinajstić information content (AvgIpc) is 2.39. The molecule has 1 atom stereocenters. The molecule has 1 rings (SSSR count). The van der Waals surface area contributed by atoms with Gasteiger partial charge in [-0.25, -0.2) is 4.98 Å². The lowest BCUT2D eigenvalue weighted by Gasteiger charge is -2.01. The molecule has 1 heterocycles. The molecule has 0 radical (unpaired) electrons. The molecule has 0 spiro atoms. The van der Waals surface area contributed by atoms with E-state index in [1.807, 2.05) is 18.4 Å². The van der Waals surface area contributed by atoms with Crippen LogP contribution >= 0.6 is 11.3 Å². The maximum absolute atomic E-state index is 9.13. The van der Waals surface area contributed by atoms with Crippen LogP contribution in [0.25, 0.3) is 6.08 Å². The summed E-state index contributed by atoms with van der Waals surface area (Å²) in [6, 6.07) is 0. The highest BCUT2D eigenvalue weighted by Gasteiger charge is 1.98. The van der Waals surface area contributed by atoms with Crippen molar-refractivity contribution in [1.82, 2.24) is 4.98 Å². The van der Waals surface area contributed by atoms with E-state index in [-0.39, 0.29) is 6.10 Å². The van der Waals surface area contributed by atoms with E-state index in [0.29, 0.717) is 0 Å². The van der Waals surface area contributed by atoms with Crippen molar-refractivity contribution in [3.05, 3.63) is 22.2 Å². The molecule has 1 aromatic rings. The van der Waals surface area contributed by atoms with Gasteiger partial charge in [0.1, 0.15) is 0 Å². The SMILES string of the molecule is CC(=Cc1cscn1)C(C)O. The van der Waals surface area contributed by atoms with E-state index in [1.165, 1.54) is 0 Å². The zero-order chi connectivity index (χ0) is 8.27. The molecule has 1 aromatic heterocycles. The summed E-state index contributed by atoms with van der Waals surface area (Å²) in [6.45, 7) is 3.64. The first-order valence-electron chi connectivity index (χ1n) is 3.44. The Morgan fingerprint density at radius 2 is 2.55 bits per heavy atom. The molecule has 0 bridgehead atoms. The van der Waals surface area contributed by atoms with Crippen molar-refractivity contribution in [2.24, 2.45) is 0 Å². The van der Waals surface area contributed by atoms with Crippen molar-refractivity contribution < 1.29 is 5.11 Å². The Balaban J connectivity index is 2.74. The highest BCUT2D eigenvalue weighted by atomic mass is 32.1. The number of aliphatic hydroxyl groups excluding tert-OH is 1. The first-order valence-corrected chi connectivity index (χ1v) is 4.39. The lowest BCUT2D eigenvalue weighted by molar-refractivity contribution is 0.232. The van der Waals surface area contributed by atoms with Gasteiger partial charge in [0.25, 0.3) is 0 Å². The molecule has 11 heavy (non-hydrogen) atoms. The molecule has 0 aliphatic carbocycles. The van der Waals surface area contributed by atoms with Gasteiger partial charge in [-0.15, -0.1) is 11.3 Å². The van der Waals surface area contributed by atoms with Gasteiger partial charge in [-0.05, 0) is 25.5 Å². The van der Waals surface area contributed by atoms with Gasteiger partial charge in [0.2, 0.25) is 0 Å². The largest absolute Gasteiger partial charge is 0.389 e. The van der Waals surface area contributed by atoms with Crippen molar-refractivity contribution in [3.63, 3.8) is 0 Å². The summed E-state index contributed by atoms with van der Waals surface area (Å²) < 4.78 is 0. The second-order valence-electron chi connectivity index (χ2n) is 2.48. The first-order chi connectivity index (χ1) is 5.20. The van der Waals surface area contributed by atoms with Crippen LogP contribution in [0.1, 0.15) is 19.5 Å². The summed E-state index contributed by atoms with van der Waals surface area (Å²) in [5, 5.41) is 11.1. The summed E-state index contributed by atoms with van der Waals surface area (Å²) in [5.41, 5.74) is 3.64. The molecule has 1 N–H and O–H groups in total. The predicted molar refractivity (Wildman–Crippen MR) is 47.4 cm³/mol. The molecular formula is C8H11NOS. The van der Waals surface area contributed by atoms with E-state index in [4.69, 9.17) is 5.11 Å². The third-order valence-electron chi connectivity index (χ3n) is 1.49. The molecular weight excluding hydrogens is 158 g/mol. The topological polar surface area (TPSA) is 33.1 Å². The van der Waals surface area contributed by atoms with E-state index >= 15 is 0 Å². The van der Waals surface area contributed by atoms with Crippen molar-refractivity contribution >= 4 is 17.4 Å². The Labute approximate surface area is 70.2 Å². The van der Waals surface area contributed by atoms with E-state index < -0.39 is 0 Å². The van der Waals surface area contributed by atoms with Gasteiger partial charge in [-0.3, -0.25) is 0 Å². The minimum absolute atomic E-state index is 0.378. The fourth-order valence-corrected chi connectivity index (χ4v) is 1.16. The molecule has 3 heteroatoms. The minimum atomic E-state index is -0.378. The van der Waals surface area contributed by atoms with Gasteiger partial charge in [-0.1, -0.05) is 0 Å². The second kappa shape index (κ2) is 3.64. The third-order valence-corrected chi connectivity index (χ3v) is 2.09. The van der Waals surface area contributed by atoms with E-state index in [1.54, 1.807) is 23.8 Å². The molecule has 0 amide bonds. The van der Waals surface area contributed by atoms with Crippen LogP contribution < -0.4 is 0 Å². The van der Waals surface area contributed by atoms with Crippen LogP contribution in [-0.4, -0.2) is 16.2 Å². The lowest BCUT2D eigenvalue weighted by atomic mass is 10.2. The maximum Gasteiger partial charge on any atom is 0.0798 e. The zero-order valence-electron chi connectivity index (χ0n) is 6.61. The first kappa shape index (κ1) is 8.43. The number of thiazole rings is 1. The molecule has 0 saturated carbocycles. The van der Waals surface area contributed by atoms with Gasteiger partial charge in [0, 0.05) is 5.38 Å². The molecule has 0 aromatic carbocycles. The summed E-state index contributed by atoms with van der Waals surface area (Å²) in [7, 11) is 0. The summed E-state index contributed by atoms with van der Waals surface area (Å²) in [6.07, 6.45) is 1.51. The number of rotatable bonds is 2. The van der Waals surface area contributed by atoms with Crippen molar-refractivity contribution in [2.45, 2.75) is 20.0 Å². The summed E-state index contributed by atoms with van der Waals surface area (Å²) >= 11 is 1.56. The molecule has 0 aliphatic rings. The Kier molecular flexibility index (Phi) is 2.79. The van der Waals surface area contributed by atoms with E-state index in [9.17, 15) is 0 Å². The van der Waals surface area contributed by atoms with Crippen LogP contribution in [0.2, 0.25) is 0 Å². The highest BCUT2D eigenvalue weighted by Crippen LogP contribution is 2.09. The van der Waals surface area contributed by atoms with Crippen molar-refractivity contribution in [1.29, 1.82) is 0 Å².